The molecule has 0 bridgehead atoms. The summed E-state index contributed by atoms with van der Waals surface area (Å²) < 4.78 is 1.19. The van der Waals surface area contributed by atoms with E-state index in [0.717, 1.165) is 19.3 Å². The first-order valence-corrected chi connectivity index (χ1v) is 7.87. The number of hydrogen-bond acceptors (Lipinski definition) is 4. The van der Waals surface area contributed by atoms with E-state index >= 15 is 0 Å². The van der Waals surface area contributed by atoms with E-state index in [-0.39, 0.29) is 24.4 Å². The van der Waals surface area contributed by atoms with Crippen LogP contribution in [0.1, 0.15) is 36.3 Å². The van der Waals surface area contributed by atoms with Crippen molar-refractivity contribution >= 4 is 5.91 Å². The van der Waals surface area contributed by atoms with Gasteiger partial charge in [-0.1, -0.05) is 18.2 Å². The summed E-state index contributed by atoms with van der Waals surface area (Å²) in [6, 6.07) is 8.98. The topological polar surface area (TPSA) is 91.2 Å². The number of H-pyrrole nitrogens is 1. The van der Waals surface area contributed by atoms with Gasteiger partial charge in [-0.15, -0.1) is 5.10 Å². The van der Waals surface area contributed by atoms with Gasteiger partial charge in [0.1, 0.15) is 0 Å². The van der Waals surface area contributed by atoms with Crippen molar-refractivity contribution in [3.8, 4) is 5.69 Å². The van der Waals surface area contributed by atoms with Crippen molar-refractivity contribution in [3.05, 3.63) is 46.6 Å². The Kier molecular flexibility index (Phi) is 4.57. The summed E-state index contributed by atoms with van der Waals surface area (Å²) in [5, 5.41) is 13.3. The molecule has 23 heavy (non-hydrogen) atoms. The third-order valence-corrected chi connectivity index (χ3v) is 4.17. The van der Waals surface area contributed by atoms with E-state index < -0.39 is 5.69 Å². The van der Waals surface area contributed by atoms with Gasteiger partial charge in [0, 0.05) is 19.2 Å². The summed E-state index contributed by atoms with van der Waals surface area (Å²) in [5.41, 5.74) is 0.175. The highest BCUT2D eigenvalue weighted by molar-refractivity contribution is 5.90. The van der Waals surface area contributed by atoms with E-state index in [2.05, 4.69) is 10.1 Å². The average molecular weight is 316 g/mol. The molecule has 1 aliphatic heterocycles. The molecule has 1 saturated heterocycles. The van der Waals surface area contributed by atoms with E-state index in [0.29, 0.717) is 18.7 Å². The lowest BCUT2D eigenvalue weighted by atomic mass is 9.99. The van der Waals surface area contributed by atoms with Crippen molar-refractivity contribution in [1.82, 2.24) is 19.7 Å². The lowest BCUT2D eigenvalue weighted by Gasteiger charge is -2.34. The first-order valence-electron chi connectivity index (χ1n) is 7.87. The number of rotatable bonds is 4. The summed E-state index contributed by atoms with van der Waals surface area (Å²) in [4.78, 5) is 29.0. The van der Waals surface area contributed by atoms with Gasteiger partial charge in [0.25, 0.3) is 5.91 Å². The van der Waals surface area contributed by atoms with Crippen LogP contribution < -0.4 is 5.69 Å². The van der Waals surface area contributed by atoms with Crippen molar-refractivity contribution < 1.29 is 9.90 Å². The van der Waals surface area contributed by atoms with Gasteiger partial charge in [-0.2, -0.15) is 4.68 Å². The van der Waals surface area contributed by atoms with Gasteiger partial charge in [0.15, 0.2) is 0 Å². The number of likely N-dealkylation sites (tertiary alicyclic amines) is 1. The quantitative estimate of drug-likeness (QED) is 0.878. The van der Waals surface area contributed by atoms with Crippen molar-refractivity contribution in [2.45, 2.75) is 31.7 Å². The number of benzene rings is 1. The molecule has 1 unspecified atom stereocenters. The fourth-order valence-electron chi connectivity index (χ4n) is 3.02. The Hall–Kier alpha value is -2.41. The van der Waals surface area contributed by atoms with E-state index in [1.165, 1.54) is 4.68 Å². The molecule has 0 saturated carbocycles. The van der Waals surface area contributed by atoms with Crippen LogP contribution in [0.25, 0.3) is 5.69 Å². The molecular formula is C16H20N4O3. The van der Waals surface area contributed by atoms with Crippen LogP contribution in [0.15, 0.2) is 35.1 Å². The number of aromatic amines is 1. The van der Waals surface area contributed by atoms with Crippen LogP contribution in [0.4, 0.5) is 0 Å². The zero-order chi connectivity index (χ0) is 16.2. The minimum absolute atomic E-state index is 0.00614. The summed E-state index contributed by atoms with van der Waals surface area (Å²) >= 11 is 0. The second-order valence-corrected chi connectivity index (χ2v) is 5.69. The summed E-state index contributed by atoms with van der Waals surface area (Å²) in [7, 11) is 0. The lowest BCUT2D eigenvalue weighted by Crippen LogP contribution is -2.44. The van der Waals surface area contributed by atoms with Crippen LogP contribution in [0.5, 0.6) is 0 Å². The summed E-state index contributed by atoms with van der Waals surface area (Å²) in [6.45, 7) is 0.674. The summed E-state index contributed by atoms with van der Waals surface area (Å²) in [5.74, 6) is -0.237. The highest BCUT2D eigenvalue weighted by Gasteiger charge is 2.29. The van der Waals surface area contributed by atoms with E-state index in [9.17, 15) is 14.7 Å². The predicted molar refractivity (Wildman–Crippen MR) is 84.6 cm³/mol. The maximum Gasteiger partial charge on any atom is 0.348 e. The van der Waals surface area contributed by atoms with Gasteiger partial charge in [-0.3, -0.25) is 9.78 Å². The van der Waals surface area contributed by atoms with Crippen molar-refractivity contribution in [1.29, 1.82) is 0 Å². The molecule has 1 aromatic carbocycles. The molecule has 0 radical (unpaired) electrons. The number of hydrogen-bond donors (Lipinski definition) is 2. The van der Waals surface area contributed by atoms with E-state index in [1.807, 2.05) is 6.07 Å². The molecule has 2 heterocycles. The fourth-order valence-corrected chi connectivity index (χ4v) is 3.02. The van der Waals surface area contributed by atoms with Gasteiger partial charge in [-0.05, 0) is 37.8 Å². The average Bonchev–Trinajstić information content (AvgIpc) is 2.98. The molecule has 2 aromatic rings. The van der Waals surface area contributed by atoms with E-state index in [1.54, 1.807) is 29.2 Å². The smallest absolute Gasteiger partial charge is 0.348 e. The monoisotopic (exact) mass is 316 g/mol. The molecule has 7 heteroatoms. The summed E-state index contributed by atoms with van der Waals surface area (Å²) in [6.07, 6.45) is 3.39. The second kappa shape index (κ2) is 6.78. The maximum absolute atomic E-state index is 12.7. The van der Waals surface area contributed by atoms with Crippen LogP contribution in [0.3, 0.4) is 0 Å². The van der Waals surface area contributed by atoms with Crippen LogP contribution in [-0.4, -0.2) is 49.9 Å². The SMILES string of the molecule is O=C(c1nn(-c2ccccc2)c(=O)[nH]1)N1CCCCC1CCO. The van der Waals surface area contributed by atoms with Gasteiger partial charge in [0.2, 0.25) is 5.82 Å². The fraction of sp³-hybridized carbons (Fsp3) is 0.438. The Morgan fingerprint density at radius 3 is 2.83 bits per heavy atom. The maximum atomic E-state index is 12.7. The van der Waals surface area contributed by atoms with Crippen molar-refractivity contribution in [2.24, 2.45) is 0 Å². The number of piperidine rings is 1. The number of para-hydroxylation sites is 1. The molecule has 122 valence electrons. The van der Waals surface area contributed by atoms with Crippen LogP contribution in [0, 0.1) is 0 Å². The second-order valence-electron chi connectivity index (χ2n) is 5.69. The van der Waals surface area contributed by atoms with Crippen LogP contribution >= 0.6 is 0 Å². The highest BCUT2D eigenvalue weighted by Crippen LogP contribution is 2.20. The molecule has 1 aromatic heterocycles. The minimum Gasteiger partial charge on any atom is -0.396 e. The Balaban J connectivity index is 1.87. The Morgan fingerprint density at radius 1 is 1.30 bits per heavy atom. The van der Waals surface area contributed by atoms with Crippen molar-refractivity contribution in [2.75, 3.05) is 13.2 Å². The molecule has 3 rings (SSSR count). The number of aliphatic hydroxyl groups excluding tert-OH is 1. The minimum atomic E-state index is -0.435. The van der Waals surface area contributed by atoms with Gasteiger partial charge < -0.3 is 10.0 Å². The van der Waals surface area contributed by atoms with Gasteiger partial charge in [-0.25, -0.2) is 4.79 Å². The van der Waals surface area contributed by atoms with Gasteiger partial charge >= 0.3 is 5.69 Å². The van der Waals surface area contributed by atoms with E-state index in [4.69, 9.17) is 0 Å². The Bertz CT molecular complexity index is 720. The number of nitrogens with one attached hydrogen (secondary N) is 1. The third-order valence-electron chi connectivity index (χ3n) is 4.17. The normalized spacial score (nSPS) is 18.1. The molecule has 2 N–H and O–H groups in total. The predicted octanol–water partition coefficient (Wildman–Crippen LogP) is 0.938. The van der Waals surface area contributed by atoms with Crippen LogP contribution in [0.2, 0.25) is 0 Å². The lowest BCUT2D eigenvalue weighted by molar-refractivity contribution is 0.0562. The Labute approximate surface area is 133 Å². The third kappa shape index (κ3) is 3.19. The first-order chi connectivity index (χ1) is 11.2. The molecular weight excluding hydrogens is 296 g/mol. The van der Waals surface area contributed by atoms with Gasteiger partial charge in [0.05, 0.1) is 5.69 Å². The number of carbonyl (C=O) groups is 1. The highest BCUT2D eigenvalue weighted by atomic mass is 16.3. The zero-order valence-electron chi connectivity index (χ0n) is 12.8. The molecule has 1 atom stereocenters. The Morgan fingerprint density at radius 2 is 2.09 bits per heavy atom. The number of aliphatic hydroxyl groups is 1. The molecule has 1 amide bonds. The number of carbonyl (C=O) groups excluding carboxylic acids is 1. The molecule has 0 aliphatic carbocycles. The van der Waals surface area contributed by atoms with Crippen molar-refractivity contribution in [3.63, 3.8) is 0 Å². The standard InChI is InChI=1S/C16H20N4O3/c21-11-9-12-6-4-5-10-19(12)15(22)14-17-16(23)20(18-14)13-7-2-1-3-8-13/h1-3,7-8,12,21H,4-6,9-11H2,(H,17,18,23). The first kappa shape index (κ1) is 15.5. The number of aromatic nitrogens is 3. The number of nitrogens with zero attached hydrogens (tertiary/aromatic N) is 3. The molecule has 1 aliphatic rings. The molecule has 7 nitrogen and oxygen atoms in total. The molecule has 0 spiro atoms. The molecule has 1 fully saturated rings. The van der Waals surface area contributed by atoms with Crippen LogP contribution in [-0.2, 0) is 0 Å². The zero-order valence-corrected chi connectivity index (χ0v) is 12.8. The largest absolute Gasteiger partial charge is 0.396 e. The number of amides is 1.